The SMILES string of the molecule is Cc1cc(-c2cc(Nc3ccn(C)n3)ncn2)ccc1CN(C(=O)c1cncs1)C(C)(C)C. The first kappa shape index (κ1) is 22.6. The fourth-order valence-electron chi connectivity index (χ4n) is 3.47. The van der Waals surface area contributed by atoms with Crippen molar-refractivity contribution in [2.24, 2.45) is 7.05 Å². The summed E-state index contributed by atoms with van der Waals surface area (Å²) in [5.74, 6) is 1.39. The highest BCUT2D eigenvalue weighted by Crippen LogP contribution is 2.27. The predicted molar refractivity (Wildman–Crippen MR) is 130 cm³/mol. The Balaban J connectivity index is 1.56. The van der Waals surface area contributed by atoms with Gasteiger partial charge in [-0.25, -0.2) is 9.97 Å². The highest BCUT2D eigenvalue weighted by Gasteiger charge is 2.28. The van der Waals surface area contributed by atoms with E-state index in [0.717, 1.165) is 28.2 Å². The van der Waals surface area contributed by atoms with Gasteiger partial charge in [0, 0.05) is 43.0 Å². The second kappa shape index (κ2) is 9.11. The van der Waals surface area contributed by atoms with Gasteiger partial charge in [-0.1, -0.05) is 12.1 Å². The van der Waals surface area contributed by atoms with Gasteiger partial charge in [-0.05, 0) is 44.9 Å². The van der Waals surface area contributed by atoms with Gasteiger partial charge in [-0.3, -0.25) is 14.5 Å². The highest BCUT2D eigenvalue weighted by atomic mass is 32.1. The number of amides is 1. The second-order valence-electron chi connectivity index (χ2n) is 8.86. The number of carbonyl (C=O) groups excluding carboxylic acids is 1. The van der Waals surface area contributed by atoms with Gasteiger partial charge in [0.05, 0.1) is 17.4 Å². The van der Waals surface area contributed by atoms with E-state index in [-0.39, 0.29) is 11.4 Å². The molecule has 0 fully saturated rings. The number of rotatable bonds is 6. The average Bonchev–Trinajstić information content (AvgIpc) is 3.44. The molecule has 0 bridgehead atoms. The molecule has 1 N–H and O–H groups in total. The van der Waals surface area contributed by atoms with Gasteiger partial charge in [0.25, 0.3) is 5.91 Å². The Morgan fingerprint density at radius 3 is 2.61 bits per heavy atom. The first-order valence-corrected chi connectivity index (χ1v) is 11.5. The predicted octanol–water partition coefficient (Wildman–Crippen LogP) is 4.83. The van der Waals surface area contributed by atoms with Gasteiger partial charge in [0.15, 0.2) is 5.82 Å². The van der Waals surface area contributed by atoms with Crippen LogP contribution in [0.1, 0.15) is 41.6 Å². The molecular formula is C24H27N7OS. The molecule has 4 aromatic rings. The fraction of sp³-hybridized carbons (Fsp3) is 0.292. The summed E-state index contributed by atoms with van der Waals surface area (Å²) >= 11 is 1.36. The smallest absolute Gasteiger partial charge is 0.266 e. The Hall–Kier alpha value is -3.59. The van der Waals surface area contributed by atoms with E-state index in [1.807, 2.05) is 57.1 Å². The van der Waals surface area contributed by atoms with Gasteiger partial charge < -0.3 is 10.2 Å². The van der Waals surface area contributed by atoms with E-state index in [2.05, 4.69) is 44.4 Å². The number of aryl methyl sites for hydroxylation is 2. The van der Waals surface area contributed by atoms with Crippen LogP contribution >= 0.6 is 11.3 Å². The maximum atomic E-state index is 13.1. The van der Waals surface area contributed by atoms with Gasteiger partial charge in [-0.2, -0.15) is 5.10 Å². The molecule has 4 rings (SSSR count). The molecule has 3 aromatic heterocycles. The Labute approximate surface area is 197 Å². The van der Waals surface area contributed by atoms with Crippen LogP contribution in [0, 0.1) is 6.92 Å². The molecule has 1 aromatic carbocycles. The number of nitrogens with one attached hydrogen (secondary N) is 1. The van der Waals surface area contributed by atoms with Crippen molar-refractivity contribution in [1.29, 1.82) is 0 Å². The van der Waals surface area contributed by atoms with Crippen molar-refractivity contribution in [1.82, 2.24) is 29.6 Å². The third-order valence-electron chi connectivity index (χ3n) is 5.30. The van der Waals surface area contributed by atoms with Crippen LogP contribution in [0.25, 0.3) is 11.3 Å². The molecule has 0 aliphatic heterocycles. The Morgan fingerprint density at radius 2 is 1.97 bits per heavy atom. The lowest BCUT2D eigenvalue weighted by atomic mass is 9.99. The van der Waals surface area contributed by atoms with E-state index >= 15 is 0 Å². The topological polar surface area (TPSA) is 88.8 Å². The number of benzene rings is 1. The van der Waals surface area contributed by atoms with Gasteiger partial charge in [0.2, 0.25) is 0 Å². The van der Waals surface area contributed by atoms with E-state index in [4.69, 9.17) is 0 Å². The first-order chi connectivity index (χ1) is 15.7. The minimum absolute atomic E-state index is 0.00508. The Bertz CT molecular complexity index is 1260. The van der Waals surface area contributed by atoms with Crippen LogP contribution in [-0.2, 0) is 13.6 Å². The molecule has 170 valence electrons. The molecule has 9 heteroatoms. The number of anilines is 2. The highest BCUT2D eigenvalue weighted by molar-refractivity contribution is 7.11. The molecule has 0 radical (unpaired) electrons. The van der Waals surface area contributed by atoms with Crippen LogP contribution in [0.15, 0.2) is 54.6 Å². The first-order valence-electron chi connectivity index (χ1n) is 10.6. The van der Waals surface area contributed by atoms with Crippen molar-refractivity contribution >= 4 is 28.9 Å². The van der Waals surface area contributed by atoms with Crippen LogP contribution in [-0.4, -0.2) is 41.1 Å². The van der Waals surface area contributed by atoms with E-state index in [9.17, 15) is 4.79 Å². The van der Waals surface area contributed by atoms with Gasteiger partial charge in [-0.15, -0.1) is 11.3 Å². The Morgan fingerprint density at radius 1 is 1.15 bits per heavy atom. The van der Waals surface area contributed by atoms with Crippen molar-refractivity contribution in [3.8, 4) is 11.3 Å². The summed E-state index contributed by atoms with van der Waals surface area (Å²) in [6.45, 7) is 8.72. The normalized spacial score (nSPS) is 11.4. The maximum absolute atomic E-state index is 13.1. The number of aromatic nitrogens is 5. The third kappa shape index (κ3) is 5.25. The molecule has 33 heavy (non-hydrogen) atoms. The Kier molecular flexibility index (Phi) is 6.24. The van der Waals surface area contributed by atoms with E-state index in [1.54, 1.807) is 22.7 Å². The number of carbonyl (C=O) groups is 1. The molecule has 8 nitrogen and oxygen atoms in total. The van der Waals surface area contributed by atoms with Crippen LogP contribution in [0.4, 0.5) is 11.6 Å². The van der Waals surface area contributed by atoms with Crippen LogP contribution < -0.4 is 5.32 Å². The molecule has 0 saturated carbocycles. The van der Waals surface area contributed by atoms with Crippen LogP contribution in [0.5, 0.6) is 0 Å². The minimum atomic E-state index is -0.328. The number of hydrogen-bond donors (Lipinski definition) is 1. The average molecular weight is 462 g/mol. The van der Waals surface area contributed by atoms with Crippen molar-refractivity contribution in [3.63, 3.8) is 0 Å². The van der Waals surface area contributed by atoms with E-state index in [1.165, 1.54) is 11.3 Å². The fourth-order valence-corrected chi connectivity index (χ4v) is 4.04. The second-order valence-corrected chi connectivity index (χ2v) is 9.74. The zero-order valence-corrected chi connectivity index (χ0v) is 20.2. The molecule has 1 amide bonds. The molecule has 0 atom stereocenters. The third-order valence-corrected chi connectivity index (χ3v) is 6.06. The summed E-state index contributed by atoms with van der Waals surface area (Å²) in [5.41, 5.74) is 5.34. The summed E-state index contributed by atoms with van der Waals surface area (Å²) < 4.78 is 1.73. The zero-order valence-electron chi connectivity index (χ0n) is 19.4. The van der Waals surface area contributed by atoms with Crippen molar-refractivity contribution in [2.45, 2.75) is 39.8 Å². The van der Waals surface area contributed by atoms with Crippen molar-refractivity contribution < 1.29 is 4.79 Å². The molecule has 0 unspecified atom stereocenters. The van der Waals surface area contributed by atoms with Gasteiger partial charge >= 0.3 is 0 Å². The molecule has 0 aliphatic carbocycles. The van der Waals surface area contributed by atoms with Crippen molar-refractivity contribution in [2.75, 3.05) is 5.32 Å². The molecule has 3 heterocycles. The summed E-state index contributed by atoms with van der Waals surface area (Å²) in [6, 6.07) is 9.98. The molecule has 0 spiro atoms. The van der Waals surface area contributed by atoms with Gasteiger partial charge in [0.1, 0.15) is 17.0 Å². The monoisotopic (exact) mass is 461 g/mol. The lowest BCUT2D eigenvalue weighted by molar-refractivity contribution is 0.0563. The summed E-state index contributed by atoms with van der Waals surface area (Å²) in [4.78, 5) is 28.5. The standard InChI is InChI=1S/C24H27N7OS/c1-16-10-17(19-11-22(27-14-26-19)28-21-8-9-30(5)29-21)6-7-18(16)13-31(24(2,3)4)23(32)20-12-25-15-33-20/h6-12,14-15H,13H2,1-5H3,(H,26,27,28,29). The zero-order chi connectivity index (χ0) is 23.6. The number of thiazole rings is 1. The van der Waals surface area contributed by atoms with Crippen LogP contribution in [0.3, 0.4) is 0 Å². The maximum Gasteiger partial charge on any atom is 0.266 e. The largest absolute Gasteiger partial charge is 0.329 e. The van der Waals surface area contributed by atoms with E-state index < -0.39 is 0 Å². The van der Waals surface area contributed by atoms with Crippen LogP contribution in [0.2, 0.25) is 0 Å². The number of nitrogens with zero attached hydrogens (tertiary/aromatic N) is 6. The minimum Gasteiger partial charge on any atom is -0.329 e. The quantitative estimate of drug-likeness (QED) is 0.443. The molecule has 0 saturated heterocycles. The molecular weight excluding hydrogens is 434 g/mol. The van der Waals surface area contributed by atoms with E-state index in [0.29, 0.717) is 17.2 Å². The summed E-state index contributed by atoms with van der Waals surface area (Å²) in [6.07, 6.45) is 5.04. The lowest BCUT2D eigenvalue weighted by Crippen LogP contribution is -2.44. The number of hydrogen-bond acceptors (Lipinski definition) is 7. The summed E-state index contributed by atoms with van der Waals surface area (Å²) in [7, 11) is 1.87. The lowest BCUT2D eigenvalue weighted by Gasteiger charge is -2.36. The van der Waals surface area contributed by atoms with Crippen molar-refractivity contribution in [3.05, 3.63) is 70.6 Å². The summed E-state index contributed by atoms with van der Waals surface area (Å²) in [5, 5.41) is 7.52. The molecule has 0 aliphatic rings.